The van der Waals surface area contributed by atoms with Crippen molar-refractivity contribution in [3.8, 4) is 0 Å². The molecule has 1 aliphatic heterocycles. The normalized spacial score (nSPS) is 40.8. The van der Waals surface area contributed by atoms with Crippen LogP contribution in [0.15, 0.2) is 0 Å². The lowest BCUT2D eigenvalue weighted by Crippen LogP contribution is -2.52. The number of nitrogens with zero attached hydrogens (tertiary/aromatic N) is 1. The van der Waals surface area contributed by atoms with Crippen molar-refractivity contribution in [2.45, 2.75) is 32.7 Å². The summed E-state index contributed by atoms with van der Waals surface area (Å²) in [7, 11) is 0. The van der Waals surface area contributed by atoms with Gasteiger partial charge in [-0.05, 0) is 20.6 Å². The van der Waals surface area contributed by atoms with Gasteiger partial charge >= 0.3 is 0 Å². The maximum Gasteiger partial charge on any atom is 0.0246 e. The molecule has 1 N–H and O–H groups in total. The third kappa shape index (κ3) is 1.70. The molecule has 0 aromatic rings. The van der Waals surface area contributed by atoms with Crippen molar-refractivity contribution in [1.82, 2.24) is 10.2 Å². The molecule has 0 radical (unpaired) electrons. The smallest absolute Gasteiger partial charge is 0.0246 e. The molecular formula is C8H18N2. The molecule has 0 spiro atoms. The van der Waals surface area contributed by atoms with E-state index in [4.69, 9.17) is 8.22 Å². The molecule has 0 amide bonds. The number of hydrogen-bond donors (Lipinski definition) is 1. The molecule has 0 aromatic carbocycles. The lowest BCUT2D eigenvalue weighted by molar-refractivity contribution is 0.135. The van der Waals surface area contributed by atoms with E-state index < -0.39 is 19.7 Å². The molecule has 1 atom stereocenters. The van der Waals surface area contributed by atoms with Gasteiger partial charge < -0.3 is 5.32 Å². The average molecular weight is 148 g/mol. The minimum atomic E-state index is -2.48. The summed E-state index contributed by atoms with van der Waals surface area (Å²) < 4.78 is 44.3. The van der Waals surface area contributed by atoms with E-state index in [9.17, 15) is 0 Å². The van der Waals surface area contributed by atoms with E-state index in [-0.39, 0.29) is 6.04 Å². The summed E-state index contributed by atoms with van der Waals surface area (Å²) in [6.45, 7) is -1.39. The summed E-state index contributed by atoms with van der Waals surface area (Å²) in [5.74, 6) is 0. The number of hydrogen-bond acceptors (Lipinski definition) is 2. The fourth-order valence-corrected chi connectivity index (χ4v) is 1.24. The minimum absolute atomic E-state index is 0.0698. The number of nitrogens with one attached hydrogen (secondary N) is 1. The van der Waals surface area contributed by atoms with Gasteiger partial charge in [-0.25, -0.2) is 0 Å². The largest absolute Gasteiger partial charge is 0.314 e. The fourth-order valence-electron chi connectivity index (χ4n) is 1.24. The molecule has 60 valence electrons. The van der Waals surface area contributed by atoms with E-state index >= 15 is 0 Å². The van der Waals surface area contributed by atoms with Gasteiger partial charge in [0.05, 0.1) is 0 Å². The summed E-state index contributed by atoms with van der Waals surface area (Å²) in [6, 6.07) is -1.43. The molecule has 0 unspecified atom stereocenters. The summed E-state index contributed by atoms with van der Waals surface area (Å²) in [5.41, 5.74) is 0. The molecular weight excluding hydrogens is 124 g/mol. The van der Waals surface area contributed by atoms with Gasteiger partial charge in [0, 0.05) is 39.9 Å². The van der Waals surface area contributed by atoms with Crippen LogP contribution in [0.25, 0.3) is 0 Å². The molecule has 2 heteroatoms. The Kier molecular flexibility index (Phi) is 1.04. The van der Waals surface area contributed by atoms with Crippen LogP contribution in [0, 0.1) is 0 Å². The van der Waals surface area contributed by atoms with Crippen LogP contribution >= 0.6 is 0 Å². The van der Waals surface area contributed by atoms with E-state index in [0.717, 1.165) is 0 Å². The van der Waals surface area contributed by atoms with E-state index in [1.807, 2.05) is 6.92 Å². The Bertz CT molecular complexity index is 222. The van der Waals surface area contributed by atoms with Crippen molar-refractivity contribution in [3.05, 3.63) is 0 Å². The van der Waals surface area contributed by atoms with Crippen molar-refractivity contribution in [3.63, 3.8) is 0 Å². The Morgan fingerprint density at radius 3 is 3.10 bits per heavy atom. The molecule has 0 bridgehead atoms. The van der Waals surface area contributed by atoms with Gasteiger partial charge in [0.2, 0.25) is 0 Å². The van der Waals surface area contributed by atoms with Crippen LogP contribution < -0.4 is 5.32 Å². The number of piperazine rings is 1. The third-order valence-electron chi connectivity index (χ3n) is 1.88. The Morgan fingerprint density at radius 2 is 2.50 bits per heavy atom. The van der Waals surface area contributed by atoms with Gasteiger partial charge in [0.15, 0.2) is 0 Å². The Morgan fingerprint density at radius 1 is 1.70 bits per heavy atom. The lowest BCUT2D eigenvalue weighted by atomic mass is 10.2. The summed E-state index contributed by atoms with van der Waals surface area (Å²) in [5, 5.41) is 3.11. The lowest BCUT2D eigenvalue weighted by Gasteiger charge is -2.36. The van der Waals surface area contributed by atoms with Gasteiger partial charge in [-0.3, -0.25) is 4.90 Å². The molecule has 10 heavy (non-hydrogen) atoms. The Labute approximate surface area is 72.0 Å². The first kappa shape index (κ1) is 3.11. The van der Waals surface area contributed by atoms with E-state index in [0.29, 0.717) is 19.6 Å². The predicted octanol–water partition coefficient (Wildman–Crippen LogP) is 0.688. The highest BCUT2D eigenvalue weighted by molar-refractivity contribution is 4.77. The van der Waals surface area contributed by atoms with E-state index in [2.05, 4.69) is 5.32 Å². The molecule has 1 fully saturated rings. The molecule has 0 aromatic heterocycles. The molecule has 1 aliphatic rings. The summed E-state index contributed by atoms with van der Waals surface area (Å²) >= 11 is 0. The Balaban J connectivity index is 2.92. The van der Waals surface area contributed by atoms with Gasteiger partial charge in [-0.15, -0.1) is 0 Å². The second-order valence-electron chi connectivity index (χ2n) is 2.69. The zero-order chi connectivity index (χ0) is 12.6. The molecule has 1 heterocycles. The predicted molar refractivity (Wildman–Crippen MR) is 44.2 cm³/mol. The SMILES string of the molecule is [2H]C([2H])([2H])C(N1CCNC[C@H]1C)C([2H])([2H])[2H]. The zero-order valence-corrected chi connectivity index (χ0v) is 6.22. The van der Waals surface area contributed by atoms with Crippen molar-refractivity contribution in [2.24, 2.45) is 0 Å². The van der Waals surface area contributed by atoms with Crippen molar-refractivity contribution in [1.29, 1.82) is 0 Å². The highest BCUT2D eigenvalue weighted by Crippen LogP contribution is 2.06. The standard InChI is InChI=1S/C8H18N2/c1-7(2)10-5-4-9-6-8(10)3/h7-9H,4-6H2,1-3H3/t8-/m1/s1/i1D3,2D3. The van der Waals surface area contributed by atoms with Crippen LogP contribution in [0.5, 0.6) is 0 Å². The average Bonchev–Trinajstić information content (AvgIpc) is 2.03. The highest BCUT2D eigenvalue weighted by Gasteiger charge is 2.19. The molecule has 1 saturated heterocycles. The summed E-state index contributed by atoms with van der Waals surface area (Å²) in [6.07, 6.45) is 0. The van der Waals surface area contributed by atoms with Gasteiger partial charge in [0.1, 0.15) is 0 Å². The van der Waals surface area contributed by atoms with Crippen LogP contribution in [0.1, 0.15) is 28.9 Å². The molecule has 0 saturated carbocycles. The third-order valence-corrected chi connectivity index (χ3v) is 1.88. The van der Waals surface area contributed by atoms with Crippen LogP contribution in [0.2, 0.25) is 0 Å². The Hall–Kier alpha value is -0.0800. The van der Waals surface area contributed by atoms with Gasteiger partial charge in [-0.1, -0.05) is 0 Å². The van der Waals surface area contributed by atoms with Crippen molar-refractivity contribution < 1.29 is 8.22 Å². The quantitative estimate of drug-likeness (QED) is 0.588. The van der Waals surface area contributed by atoms with E-state index in [1.165, 1.54) is 0 Å². The highest BCUT2D eigenvalue weighted by atomic mass is 15.2. The molecule has 2 nitrogen and oxygen atoms in total. The maximum absolute atomic E-state index is 7.38. The summed E-state index contributed by atoms with van der Waals surface area (Å²) in [4.78, 5) is 1.58. The minimum Gasteiger partial charge on any atom is -0.314 e. The van der Waals surface area contributed by atoms with Crippen LogP contribution in [0.4, 0.5) is 0 Å². The van der Waals surface area contributed by atoms with Crippen LogP contribution in [-0.4, -0.2) is 36.6 Å². The van der Waals surface area contributed by atoms with Crippen molar-refractivity contribution in [2.75, 3.05) is 19.6 Å². The second kappa shape index (κ2) is 3.35. The van der Waals surface area contributed by atoms with Gasteiger partial charge in [0.25, 0.3) is 0 Å². The molecule has 1 rings (SSSR count). The van der Waals surface area contributed by atoms with Crippen LogP contribution in [-0.2, 0) is 0 Å². The number of rotatable bonds is 1. The topological polar surface area (TPSA) is 15.3 Å². The fraction of sp³-hybridized carbons (Fsp3) is 1.00. The first-order valence-corrected chi connectivity index (χ1v) is 3.60. The maximum atomic E-state index is 7.38. The monoisotopic (exact) mass is 148 g/mol. The van der Waals surface area contributed by atoms with E-state index in [1.54, 1.807) is 4.90 Å². The van der Waals surface area contributed by atoms with Gasteiger partial charge in [-0.2, -0.15) is 0 Å². The zero-order valence-electron chi connectivity index (χ0n) is 12.2. The second-order valence-corrected chi connectivity index (χ2v) is 2.69. The molecule has 0 aliphatic carbocycles. The van der Waals surface area contributed by atoms with Crippen LogP contribution in [0.3, 0.4) is 0 Å². The van der Waals surface area contributed by atoms with Crippen molar-refractivity contribution >= 4 is 0 Å². The first-order valence-electron chi connectivity index (χ1n) is 6.60. The first-order chi connectivity index (χ1) is 7.14.